The van der Waals surface area contributed by atoms with Crippen molar-refractivity contribution in [2.75, 3.05) is 18.5 Å². The summed E-state index contributed by atoms with van der Waals surface area (Å²) in [5.74, 6) is -0.237. The van der Waals surface area contributed by atoms with Gasteiger partial charge >= 0.3 is 6.03 Å². The Balaban J connectivity index is 1.69. The first-order chi connectivity index (χ1) is 13.9. The lowest BCUT2D eigenvalue weighted by Crippen LogP contribution is -2.38. The zero-order valence-electron chi connectivity index (χ0n) is 16.0. The molecule has 1 heterocycles. The van der Waals surface area contributed by atoms with Gasteiger partial charge in [-0.2, -0.15) is 0 Å². The average molecular weight is 505 g/mol. The van der Waals surface area contributed by atoms with Gasteiger partial charge in [-0.05, 0) is 72.3 Å². The van der Waals surface area contributed by atoms with Gasteiger partial charge < -0.3 is 15.4 Å². The minimum Gasteiger partial charge on any atom is -0.493 e. The van der Waals surface area contributed by atoms with Gasteiger partial charge in [0.2, 0.25) is 5.91 Å². The molecule has 0 aromatic heterocycles. The van der Waals surface area contributed by atoms with Crippen molar-refractivity contribution < 1.29 is 19.1 Å². The molecule has 29 heavy (non-hydrogen) atoms. The highest BCUT2D eigenvalue weighted by Crippen LogP contribution is 2.24. The highest BCUT2D eigenvalue weighted by molar-refractivity contribution is 14.1. The number of carbonyl (C=O) groups is 3. The smallest absolute Gasteiger partial charge is 0.329 e. The second-order valence-electron chi connectivity index (χ2n) is 6.42. The zero-order chi connectivity index (χ0) is 21.0. The molecule has 0 bridgehead atoms. The number of rotatable bonds is 6. The Morgan fingerprint density at radius 2 is 1.93 bits per heavy atom. The van der Waals surface area contributed by atoms with Crippen LogP contribution in [0.3, 0.4) is 0 Å². The quantitative estimate of drug-likeness (QED) is 0.358. The molecule has 2 N–H and O–H groups in total. The van der Waals surface area contributed by atoms with Crippen molar-refractivity contribution in [3.63, 3.8) is 0 Å². The number of aryl methyl sites for hydroxylation is 1. The van der Waals surface area contributed by atoms with Crippen molar-refractivity contribution >= 4 is 52.2 Å². The van der Waals surface area contributed by atoms with Crippen LogP contribution in [-0.2, 0) is 9.59 Å². The summed E-state index contributed by atoms with van der Waals surface area (Å²) in [6.07, 6.45) is 1.58. The molecular weight excluding hydrogens is 485 g/mol. The summed E-state index contributed by atoms with van der Waals surface area (Å²) >= 11 is 2.15. The van der Waals surface area contributed by atoms with Gasteiger partial charge in [0.1, 0.15) is 18.0 Å². The fraction of sp³-hybridized carbons (Fsp3) is 0.190. The predicted molar refractivity (Wildman–Crippen MR) is 118 cm³/mol. The molecule has 8 heteroatoms. The number of nitrogens with one attached hydrogen (secondary N) is 2. The van der Waals surface area contributed by atoms with Crippen LogP contribution in [0.5, 0.6) is 5.75 Å². The highest BCUT2D eigenvalue weighted by atomic mass is 127. The molecule has 0 saturated carbocycles. The van der Waals surface area contributed by atoms with E-state index in [4.69, 9.17) is 4.74 Å². The summed E-state index contributed by atoms with van der Waals surface area (Å²) in [4.78, 5) is 37.9. The van der Waals surface area contributed by atoms with Crippen LogP contribution in [0.15, 0.2) is 48.2 Å². The van der Waals surface area contributed by atoms with Crippen LogP contribution >= 0.6 is 22.6 Å². The second kappa shape index (κ2) is 9.08. The number of nitrogens with zero attached hydrogens (tertiary/aromatic N) is 1. The van der Waals surface area contributed by atoms with E-state index in [9.17, 15) is 14.4 Å². The van der Waals surface area contributed by atoms with Gasteiger partial charge in [-0.25, -0.2) is 9.69 Å². The van der Waals surface area contributed by atoms with E-state index in [0.717, 1.165) is 25.3 Å². The molecule has 3 rings (SSSR count). The number of amides is 4. The summed E-state index contributed by atoms with van der Waals surface area (Å²) in [5, 5.41) is 5.20. The number of ether oxygens (including phenoxy) is 1. The number of carbonyl (C=O) groups excluding carboxylic acids is 3. The van der Waals surface area contributed by atoms with E-state index in [2.05, 4.69) is 33.2 Å². The van der Waals surface area contributed by atoms with Crippen molar-refractivity contribution in [2.45, 2.75) is 13.8 Å². The third-order valence-electron chi connectivity index (χ3n) is 4.17. The molecule has 7 nitrogen and oxygen atoms in total. The molecule has 0 spiro atoms. The Kier molecular flexibility index (Phi) is 6.53. The lowest BCUT2D eigenvalue weighted by Gasteiger charge is -2.12. The molecule has 0 radical (unpaired) electrons. The van der Waals surface area contributed by atoms with E-state index in [-0.39, 0.29) is 12.2 Å². The summed E-state index contributed by atoms with van der Waals surface area (Å²) in [6.45, 7) is 4.04. The zero-order valence-corrected chi connectivity index (χ0v) is 18.1. The number of benzene rings is 2. The van der Waals surface area contributed by atoms with Gasteiger partial charge in [-0.3, -0.25) is 9.59 Å². The topological polar surface area (TPSA) is 87.7 Å². The van der Waals surface area contributed by atoms with Crippen molar-refractivity contribution in [2.24, 2.45) is 0 Å². The van der Waals surface area contributed by atoms with Gasteiger partial charge in [-0.1, -0.05) is 23.8 Å². The minimum absolute atomic E-state index is 0.123. The summed E-state index contributed by atoms with van der Waals surface area (Å²) in [7, 11) is 0. The van der Waals surface area contributed by atoms with Crippen molar-refractivity contribution in [1.29, 1.82) is 0 Å². The first kappa shape index (κ1) is 20.8. The van der Waals surface area contributed by atoms with Crippen molar-refractivity contribution in [1.82, 2.24) is 10.2 Å². The maximum atomic E-state index is 12.6. The maximum absolute atomic E-state index is 12.6. The van der Waals surface area contributed by atoms with Gasteiger partial charge in [0.15, 0.2) is 0 Å². The molecule has 1 saturated heterocycles. The third-order valence-corrected chi connectivity index (χ3v) is 5.01. The lowest BCUT2D eigenvalue weighted by atomic mass is 10.2. The van der Waals surface area contributed by atoms with E-state index in [1.54, 1.807) is 24.3 Å². The standard InChI is InChI=1S/C21H20IN3O4/c1-3-29-18-9-6-14(10-16(18)22)11-17-20(27)25(21(28)24-17)12-19(26)23-15-7-4-13(2)5-8-15/h4-11H,3,12H2,1-2H3,(H,23,26)(H,24,28)/b17-11+. The highest BCUT2D eigenvalue weighted by Gasteiger charge is 2.34. The number of halogens is 1. The molecule has 150 valence electrons. The molecule has 2 aromatic carbocycles. The van der Waals surface area contributed by atoms with E-state index in [1.165, 1.54) is 0 Å². The van der Waals surface area contributed by atoms with Crippen LogP contribution in [0.2, 0.25) is 0 Å². The molecule has 0 aliphatic carbocycles. The first-order valence-corrected chi connectivity index (χ1v) is 10.1. The molecule has 1 aliphatic heterocycles. The van der Waals surface area contributed by atoms with Gasteiger partial charge in [-0.15, -0.1) is 0 Å². The van der Waals surface area contributed by atoms with Gasteiger partial charge in [0.05, 0.1) is 10.2 Å². The fourth-order valence-corrected chi connectivity index (χ4v) is 3.44. The van der Waals surface area contributed by atoms with E-state index >= 15 is 0 Å². The number of hydrogen-bond acceptors (Lipinski definition) is 4. The Morgan fingerprint density at radius 3 is 2.59 bits per heavy atom. The predicted octanol–water partition coefficient (Wildman–Crippen LogP) is 3.53. The van der Waals surface area contributed by atoms with Crippen LogP contribution in [0.1, 0.15) is 18.1 Å². The Hall–Kier alpha value is -2.88. The lowest BCUT2D eigenvalue weighted by molar-refractivity contribution is -0.127. The molecular formula is C21H20IN3O4. The van der Waals surface area contributed by atoms with Crippen LogP contribution < -0.4 is 15.4 Å². The first-order valence-electron chi connectivity index (χ1n) is 9.01. The van der Waals surface area contributed by atoms with E-state index in [0.29, 0.717) is 12.3 Å². The Bertz CT molecular complexity index is 986. The summed E-state index contributed by atoms with van der Waals surface area (Å²) in [5.41, 5.74) is 2.54. The molecule has 4 amide bonds. The maximum Gasteiger partial charge on any atom is 0.329 e. The van der Waals surface area contributed by atoms with Gasteiger partial charge in [0, 0.05) is 5.69 Å². The minimum atomic E-state index is -0.624. The van der Waals surface area contributed by atoms with Crippen LogP contribution in [0.25, 0.3) is 6.08 Å². The second-order valence-corrected chi connectivity index (χ2v) is 7.58. The van der Waals surface area contributed by atoms with Crippen molar-refractivity contribution in [3.8, 4) is 5.75 Å². The molecule has 2 aromatic rings. The number of imide groups is 1. The molecule has 0 unspecified atom stereocenters. The van der Waals surface area contributed by atoms with Gasteiger partial charge in [0.25, 0.3) is 5.91 Å². The Morgan fingerprint density at radius 1 is 1.21 bits per heavy atom. The monoisotopic (exact) mass is 505 g/mol. The summed E-state index contributed by atoms with van der Waals surface area (Å²) < 4.78 is 6.39. The number of hydrogen-bond donors (Lipinski definition) is 2. The molecule has 1 fully saturated rings. The van der Waals surface area contributed by atoms with E-state index < -0.39 is 17.8 Å². The number of anilines is 1. The Labute approximate surface area is 182 Å². The SMILES string of the molecule is CCOc1ccc(/C=C2/NC(=O)N(CC(=O)Nc3ccc(C)cc3)C2=O)cc1I. The van der Waals surface area contributed by atoms with Crippen LogP contribution in [-0.4, -0.2) is 35.9 Å². The molecule has 0 atom stereocenters. The average Bonchev–Trinajstić information content (AvgIpc) is 2.93. The van der Waals surface area contributed by atoms with Crippen LogP contribution in [0.4, 0.5) is 10.5 Å². The van der Waals surface area contributed by atoms with Crippen molar-refractivity contribution in [3.05, 3.63) is 62.9 Å². The third kappa shape index (κ3) is 5.14. The molecule has 1 aliphatic rings. The van der Waals surface area contributed by atoms with Crippen LogP contribution in [0, 0.1) is 10.5 Å². The number of urea groups is 1. The van der Waals surface area contributed by atoms with E-state index in [1.807, 2.05) is 38.1 Å². The fourth-order valence-electron chi connectivity index (χ4n) is 2.74. The normalized spacial score (nSPS) is 14.9. The summed E-state index contributed by atoms with van der Waals surface area (Å²) in [6, 6.07) is 12.1. The largest absolute Gasteiger partial charge is 0.493 e.